The van der Waals surface area contributed by atoms with Gasteiger partial charge >= 0.3 is 10.1 Å². The van der Waals surface area contributed by atoms with Crippen molar-refractivity contribution in [1.29, 1.82) is 0 Å². The standard InChI is InChI=1S/C25H25F2N3O5S/c1-15-23(29-19-7-8-21(27)22(13-19)35-2)20(14-28-24(15)36(32,33)34)25(31)30-11-9-17(10-12-30)16-3-5-18(26)6-4-16/h3-8,13-14,17H,9-12H2,1-2H3,(H,28,29)(H,32,33,34). The number of ether oxygens (including phenoxy) is 1. The number of benzene rings is 2. The largest absolute Gasteiger partial charge is 0.494 e. The van der Waals surface area contributed by atoms with Crippen LogP contribution in [0.4, 0.5) is 20.2 Å². The van der Waals surface area contributed by atoms with E-state index in [0.29, 0.717) is 31.6 Å². The van der Waals surface area contributed by atoms with Crippen LogP contribution in [0.2, 0.25) is 0 Å². The summed E-state index contributed by atoms with van der Waals surface area (Å²) in [6.45, 7) is 2.28. The van der Waals surface area contributed by atoms with Crippen molar-refractivity contribution in [1.82, 2.24) is 9.88 Å². The van der Waals surface area contributed by atoms with Crippen molar-refractivity contribution >= 4 is 27.4 Å². The molecule has 8 nitrogen and oxygen atoms in total. The lowest BCUT2D eigenvalue weighted by Gasteiger charge is -2.33. The third-order valence-corrected chi connectivity index (χ3v) is 7.20. The van der Waals surface area contributed by atoms with Gasteiger partial charge in [0.05, 0.1) is 18.4 Å². The first kappa shape index (κ1) is 25.5. The van der Waals surface area contributed by atoms with Crippen LogP contribution >= 0.6 is 0 Å². The summed E-state index contributed by atoms with van der Waals surface area (Å²) in [5, 5.41) is 2.38. The highest BCUT2D eigenvalue weighted by Crippen LogP contribution is 2.33. The van der Waals surface area contributed by atoms with Crippen LogP contribution in [0.3, 0.4) is 0 Å². The maximum Gasteiger partial charge on any atom is 0.312 e. The van der Waals surface area contributed by atoms with E-state index in [4.69, 9.17) is 4.74 Å². The maximum absolute atomic E-state index is 13.9. The average molecular weight is 518 g/mol. The number of nitrogens with one attached hydrogen (secondary N) is 1. The molecule has 2 N–H and O–H groups in total. The zero-order valence-electron chi connectivity index (χ0n) is 19.7. The fourth-order valence-corrected chi connectivity index (χ4v) is 5.05. The number of pyridine rings is 1. The lowest BCUT2D eigenvalue weighted by molar-refractivity contribution is 0.0713. The number of aromatic nitrogens is 1. The smallest absolute Gasteiger partial charge is 0.312 e. The lowest BCUT2D eigenvalue weighted by Crippen LogP contribution is -2.38. The van der Waals surface area contributed by atoms with E-state index in [9.17, 15) is 26.5 Å². The minimum Gasteiger partial charge on any atom is -0.494 e. The number of carbonyl (C=O) groups is 1. The number of amides is 1. The van der Waals surface area contributed by atoms with Crippen molar-refractivity contribution in [3.05, 3.63) is 77.0 Å². The van der Waals surface area contributed by atoms with Crippen LogP contribution in [-0.4, -0.2) is 49.0 Å². The van der Waals surface area contributed by atoms with Crippen molar-refractivity contribution in [2.45, 2.75) is 30.7 Å². The van der Waals surface area contributed by atoms with E-state index < -0.39 is 21.0 Å². The molecule has 11 heteroatoms. The highest BCUT2D eigenvalue weighted by molar-refractivity contribution is 7.85. The molecule has 0 aliphatic carbocycles. The van der Waals surface area contributed by atoms with E-state index in [-0.39, 0.29) is 40.2 Å². The number of piperidine rings is 1. The Hall–Kier alpha value is -3.57. The van der Waals surface area contributed by atoms with Gasteiger partial charge in [-0.05, 0) is 55.5 Å². The average Bonchev–Trinajstić information content (AvgIpc) is 2.85. The highest BCUT2D eigenvalue weighted by Gasteiger charge is 2.29. The summed E-state index contributed by atoms with van der Waals surface area (Å²) in [6, 6.07) is 10.3. The fourth-order valence-electron chi connectivity index (χ4n) is 4.38. The summed E-state index contributed by atoms with van der Waals surface area (Å²) in [4.78, 5) is 19.0. The number of rotatable bonds is 6. The van der Waals surface area contributed by atoms with Gasteiger partial charge in [-0.15, -0.1) is 0 Å². The summed E-state index contributed by atoms with van der Waals surface area (Å²) in [7, 11) is -3.36. The second kappa shape index (κ2) is 10.2. The maximum atomic E-state index is 13.9. The van der Waals surface area contributed by atoms with Crippen LogP contribution in [0, 0.1) is 18.6 Å². The molecule has 0 saturated carbocycles. The van der Waals surface area contributed by atoms with Crippen LogP contribution in [0.15, 0.2) is 53.7 Å². The number of hydrogen-bond donors (Lipinski definition) is 2. The number of carbonyl (C=O) groups excluding carboxylic acids is 1. The molecule has 1 saturated heterocycles. The molecule has 3 aromatic rings. The lowest BCUT2D eigenvalue weighted by atomic mass is 9.89. The molecule has 0 unspecified atom stereocenters. The van der Waals surface area contributed by atoms with Crippen molar-refractivity contribution in [2.24, 2.45) is 0 Å². The normalized spacial score (nSPS) is 14.5. The van der Waals surface area contributed by atoms with Gasteiger partial charge < -0.3 is 15.0 Å². The SMILES string of the molecule is COc1cc(Nc2c(C(=O)N3CCC(c4ccc(F)cc4)CC3)cnc(S(=O)(=O)O)c2C)ccc1F. The molecule has 1 aliphatic rings. The molecular formula is C25H25F2N3O5S. The number of hydrogen-bond acceptors (Lipinski definition) is 6. The van der Waals surface area contributed by atoms with E-state index in [1.165, 1.54) is 44.4 Å². The number of halogens is 2. The van der Waals surface area contributed by atoms with Crippen molar-refractivity contribution < 1.29 is 31.3 Å². The first-order valence-corrected chi connectivity index (χ1v) is 12.6. The highest BCUT2D eigenvalue weighted by atomic mass is 32.2. The molecule has 0 radical (unpaired) electrons. The van der Waals surface area contributed by atoms with Gasteiger partial charge in [0, 0.05) is 36.6 Å². The quantitative estimate of drug-likeness (QED) is 0.457. The van der Waals surface area contributed by atoms with Crippen LogP contribution in [0.1, 0.15) is 40.2 Å². The Bertz CT molecular complexity index is 1390. The third kappa shape index (κ3) is 5.31. The van der Waals surface area contributed by atoms with Gasteiger partial charge in [-0.25, -0.2) is 13.8 Å². The van der Waals surface area contributed by atoms with Gasteiger partial charge in [-0.3, -0.25) is 9.35 Å². The third-order valence-electron chi connectivity index (χ3n) is 6.29. The predicted octanol–water partition coefficient (Wildman–Crippen LogP) is 4.69. The van der Waals surface area contributed by atoms with Gasteiger partial charge in [-0.1, -0.05) is 12.1 Å². The molecule has 36 heavy (non-hydrogen) atoms. The van der Waals surface area contributed by atoms with Crippen LogP contribution < -0.4 is 10.1 Å². The fraction of sp³-hybridized carbons (Fsp3) is 0.280. The molecule has 1 aromatic heterocycles. The zero-order chi connectivity index (χ0) is 26.0. The first-order chi connectivity index (χ1) is 17.1. The number of anilines is 2. The molecule has 2 heterocycles. The Balaban J connectivity index is 1.63. The van der Waals surface area contributed by atoms with Gasteiger partial charge in [0.25, 0.3) is 5.91 Å². The Morgan fingerprint density at radius 2 is 1.81 bits per heavy atom. The van der Waals surface area contributed by atoms with Gasteiger partial charge in [-0.2, -0.15) is 8.42 Å². The van der Waals surface area contributed by atoms with E-state index in [2.05, 4.69) is 10.3 Å². The number of nitrogens with zero attached hydrogens (tertiary/aromatic N) is 2. The molecule has 1 fully saturated rings. The van der Waals surface area contributed by atoms with E-state index in [1.54, 1.807) is 17.0 Å². The summed E-state index contributed by atoms with van der Waals surface area (Å²) in [5.74, 6) is -1.13. The summed E-state index contributed by atoms with van der Waals surface area (Å²) in [6.07, 6.45) is 2.45. The summed E-state index contributed by atoms with van der Waals surface area (Å²) in [5.41, 5.74) is 1.60. The van der Waals surface area contributed by atoms with Gasteiger partial charge in [0.2, 0.25) is 0 Å². The van der Waals surface area contributed by atoms with Gasteiger partial charge in [0.1, 0.15) is 5.82 Å². The second-order valence-electron chi connectivity index (χ2n) is 8.54. The van der Waals surface area contributed by atoms with Gasteiger partial charge in [0.15, 0.2) is 16.6 Å². The number of methoxy groups -OCH3 is 1. The van der Waals surface area contributed by atoms with E-state index >= 15 is 0 Å². The topological polar surface area (TPSA) is 109 Å². The molecule has 0 atom stereocenters. The molecule has 190 valence electrons. The Kier molecular flexibility index (Phi) is 7.23. The first-order valence-electron chi connectivity index (χ1n) is 11.2. The van der Waals surface area contributed by atoms with E-state index in [0.717, 1.165) is 11.8 Å². The molecule has 0 bridgehead atoms. The van der Waals surface area contributed by atoms with Crippen molar-refractivity contribution in [3.63, 3.8) is 0 Å². The molecule has 1 amide bonds. The minimum atomic E-state index is -4.66. The second-order valence-corrected chi connectivity index (χ2v) is 9.88. The minimum absolute atomic E-state index is 0.0350. The Morgan fingerprint density at radius 1 is 1.14 bits per heavy atom. The van der Waals surface area contributed by atoms with E-state index in [1.807, 2.05) is 0 Å². The molecule has 0 spiro atoms. The monoisotopic (exact) mass is 517 g/mol. The Labute approximate surface area is 207 Å². The summed E-state index contributed by atoms with van der Waals surface area (Å²) < 4.78 is 65.4. The molecule has 2 aromatic carbocycles. The molecular weight excluding hydrogens is 492 g/mol. The summed E-state index contributed by atoms with van der Waals surface area (Å²) >= 11 is 0. The molecule has 4 rings (SSSR count). The molecule has 1 aliphatic heterocycles. The van der Waals surface area contributed by atoms with Crippen LogP contribution in [-0.2, 0) is 10.1 Å². The van der Waals surface area contributed by atoms with Crippen LogP contribution in [0.5, 0.6) is 5.75 Å². The van der Waals surface area contributed by atoms with Crippen molar-refractivity contribution in [3.8, 4) is 5.75 Å². The zero-order valence-corrected chi connectivity index (χ0v) is 20.5. The predicted molar refractivity (Wildman–Crippen MR) is 129 cm³/mol. The number of likely N-dealkylation sites (tertiary alicyclic amines) is 1. The van der Waals surface area contributed by atoms with Crippen molar-refractivity contribution in [2.75, 3.05) is 25.5 Å². The Morgan fingerprint density at radius 3 is 2.42 bits per heavy atom. The van der Waals surface area contributed by atoms with Crippen LogP contribution in [0.25, 0.3) is 0 Å².